The van der Waals surface area contributed by atoms with Crippen LogP contribution in [0.25, 0.3) is 5.57 Å². The number of phenolic OH excluding ortho intramolecular Hbond substituents is 1. The van der Waals surface area contributed by atoms with E-state index in [1.807, 2.05) is 0 Å². The number of aliphatic hydroxyl groups is 1. The third-order valence-corrected chi connectivity index (χ3v) is 3.70. The third kappa shape index (κ3) is 2.82. The third-order valence-electron chi connectivity index (χ3n) is 3.70. The number of hydrogen-bond acceptors (Lipinski definition) is 4. The van der Waals surface area contributed by atoms with Crippen molar-refractivity contribution in [3.63, 3.8) is 0 Å². The lowest BCUT2D eigenvalue weighted by Gasteiger charge is -2.37. The van der Waals surface area contributed by atoms with Gasteiger partial charge in [-0.1, -0.05) is 6.07 Å². The first-order valence-corrected chi connectivity index (χ1v) is 6.42. The van der Waals surface area contributed by atoms with Crippen LogP contribution in [-0.2, 0) is 6.18 Å². The highest BCUT2D eigenvalue weighted by Gasteiger charge is 2.59. The van der Waals surface area contributed by atoms with Gasteiger partial charge in [0.2, 0.25) is 0 Å². The van der Waals surface area contributed by atoms with Crippen molar-refractivity contribution in [2.45, 2.75) is 24.0 Å². The molecule has 1 aromatic carbocycles. The predicted molar refractivity (Wildman–Crippen MR) is 72.3 cm³/mol. The van der Waals surface area contributed by atoms with Crippen molar-refractivity contribution in [1.82, 2.24) is 0 Å². The number of hydrogen-bond donors (Lipinski definition) is 4. The molecule has 0 bridgehead atoms. The fraction of sp³-hybridized carbons (Fsp3) is 0.286. The van der Waals surface area contributed by atoms with Gasteiger partial charge in [-0.3, -0.25) is 0 Å². The maximum absolute atomic E-state index is 13.0. The molecule has 1 aromatic rings. The fourth-order valence-corrected chi connectivity index (χ4v) is 2.27. The quantitative estimate of drug-likeness (QED) is 0.582. The van der Waals surface area contributed by atoms with Crippen molar-refractivity contribution in [1.29, 1.82) is 0 Å². The number of aromatic hydroxyl groups is 1. The first kappa shape index (κ1) is 18.1. The van der Waals surface area contributed by atoms with E-state index in [-0.39, 0.29) is 11.1 Å². The molecule has 0 heterocycles. The Bertz CT molecular complexity index is 723. The van der Waals surface area contributed by atoms with E-state index in [1.165, 1.54) is 0 Å². The predicted octanol–water partition coefficient (Wildman–Crippen LogP) is 2.27. The number of allylic oxidation sites excluding steroid dienone is 2. The Kier molecular flexibility index (Phi) is 4.09. The van der Waals surface area contributed by atoms with Crippen molar-refractivity contribution >= 4 is 5.57 Å². The second kappa shape index (κ2) is 5.42. The highest BCUT2D eigenvalue weighted by molar-refractivity contribution is 5.78. The summed E-state index contributed by atoms with van der Waals surface area (Å²) in [4.78, 5) is 0. The molecule has 1 aliphatic carbocycles. The van der Waals surface area contributed by atoms with Gasteiger partial charge in [-0.15, -0.1) is 0 Å². The molecule has 6 N–H and O–H groups in total. The molecular weight excluding hydrogens is 342 g/mol. The van der Waals surface area contributed by atoms with E-state index in [1.54, 1.807) is 0 Å². The molecule has 1 aliphatic rings. The lowest BCUT2D eigenvalue weighted by molar-refractivity contribution is -0.194. The maximum atomic E-state index is 13.0. The van der Waals surface area contributed by atoms with E-state index in [9.17, 15) is 36.6 Å². The Morgan fingerprint density at radius 3 is 2.08 bits per heavy atom. The molecule has 0 aliphatic heterocycles. The molecule has 132 valence electrons. The normalized spacial score (nSPS) is 25.2. The molecule has 0 fully saturated rings. The fourth-order valence-electron chi connectivity index (χ4n) is 2.27. The zero-order valence-electron chi connectivity index (χ0n) is 11.8. The average Bonchev–Trinajstić information content (AvgIpc) is 2.41. The number of rotatable bonds is 1. The van der Waals surface area contributed by atoms with Gasteiger partial charge in [-0.25, -0.2) is 0 Å². The summed E-state index contributed by atoms with van der Waals surface area (Å²) in [5.74, 6) is -1.11. The van der Waals surface area contributed by atoms with Crippen molar-refractivity contribution < 1.29 is 36.6 Å². The molecule has 0 saturated carbocycles. The average molecular weight is 354 g/mol. The Balaban J connectivity index is 2.46. The number of alkyl halides is 6. The minimum atomic E-state index is -5.04. The monoisotopic (exact) mass is 354 g/mol. The van der Waals surface area contributed by atoms with Crippen molar-refractivity contribution in [2.75, 3.05) is 0 Å². The summed E-state index contributed by atoms with van der Waals surface area (Å²) < 4.78 is 76.8. The van der Waals surface area contributed by atoms with Gasteiger partial charge in [0.05, 0.1) is 5.56 Å². The Morgan fingerprint density at radius 2 is 1.67 bits per heavy atom. The lowest BCUT2D eigenvalue weighted by Crippen LogP contribution is -2.64. The summed E-state index contributed by atoms with van der Waals surface area (Å²) in [6, 6.07) is 2.21. The largest absolute Gasteiger partial charge is 0.507 e. The molecular formula is C14H12F6N2O2. The number of nitrogens with two attached hydrogens (primary N) is 2. The summed E-state index contributed by atoms with van der Waals surface area (Å²) in [5, 5.41) is 19.2. The minimum Gasteiger partial charge on any atom is -0.507 e. The van der Waals surface area contributed by atoms with E-state index in [0.717, 1.165) is 12.1 Å². The Morgan fingerprint density at radius 1 is 1.08 bits per heavy atom. The molecule has 2 rings (SSSR count). The summed E-state index contributed by atoms with van der Waals surface area (Å²) in [6.45, 7) is 0. The van der Waals surface area contributed by atoms with Crippen LogP contribution in [0, 0.1) is 0 Å². The molecule has 2 unspecified atom stereocenters. The van der Waals surface area contributed by atoms with Crippen LogP contribution in [0.15, 0.2) is 36.0 Å². The molecule has 0 saturated heterocycles. The summed E-state index contributed by atoms with van der Waals surface area (Å²) in [7, 11) is 0. The van der Waals surface area contributed by atoms with E-state index in [4.69, 9.17) is 11.5 Å². The highest BCUT2D eigenvalue weighted by atomic mass is 19.4. The van der Waals surface area contributed by atoms with E-state index >= 15 is 0 Å². The minimum absolute atomic E-state index is 0.0632. The van der Waals surface area contributed by atoms with Crippen LogP contribution in [0.3, 0.4) is 0 Å². The second-order valence-corrected chi connectivity index (χ2v) is 5.26. The topological polar surface area (TPSA) is 92.5 Å². The number of phenols is 1. The van der Waals surface area contributed by atoms with E-state index in [0.29, 0.717) is 18.2 Å². The smallest absolute Gasteiger partial charge is 0.419 e. The molecule has 0 spiro atoms. The highest BCUT2D eigenvalue weighted by Crippen LogP contribution is 2.41. The van der Waals surface area contributed by atoms with E-state index < -0.39 is 41.0 Å². The first-order chi connectivity index (χ1) is 10.8. The first-order valence-electron chi connectivity index (χ1n) is 6.42. The zero-order chi connectivity index (χ0) is 18.5. The van der Waals surface area contributed by atoms with Gasteiger partial charge in [0.1, 0.15) is 11.9 Å². The van der Waals surface area contributed by atoms with Gasteiger partial charge >= 0.3 is 12.4 Å². The molecule has 0 amide bonds. The van der Waals surface area contributed by atoms with Crippen LogP contribution >= 0.6 is 0 Å². The molecule has 0 aromatic heterocycles. The lowest BCUT2D eigenvalue weighted by atomic mass is 9.81. The molecule has 10 heteroatoms. The zero-order valence-corrected chi connectivity index (χ0v) is 11.8. The Labute approximate surface area is 131 Å². The standard InChI is InChI=1S/C14H12F6N2O2/c15-13(16,17)8-2-1-6(3-9(8)23)7-4-10(21)12(22,11(24)5-7)14(18,19)20/h1-5,11,23-24H,21-22H2. The number of aliphatic hydroxyl groups excluding tert-OH is 1. The number of benzene rings is 1. The SMILES string of the molecule is NC1=CC(c2ccc(C(F)(F)F)c(O)c2)=CC(O)C1(N)C(F)(F)F. The van der Waals surface area contributed by atoms with Gasteiger partial charge in [-0.2, -0.15) is 26.3 Å². The Hall–Kier alpha value is -2.20. The maximum Gasteiger partial charge on any atom is 0.419 e. The summed E-state index contributed by atoms with van der Waals surface area (Å²) >= 11 is 0. The van der Waals surface area contributed by atoms with Gasteiger partial charge in [0.15, 0.2) is 5.54 Å². The van der Waals surface area contributed by atoms with Crippen molar-refractivity contribution in [2.24, 2.45) is 11.5 Å². The van der Waals surface area contributed by atoms with Gasteiger partial charge in [0.25, 0.3) is 0 Å². The van der Waals surface area contributed by atoms with Crippen LogP contribution in [-0.4, -0.2) is 28.0 Å². The molecule has 2 atom stereocenters. The van der Waals surface area contributed by atoms with Crippen LogP contribution < -0.4 is 11.5 Å². The second-order valence-electron chi connectivity index (χ2n) is 5.26. The van der Waals surface area contributed by atoms with Crippen LogP contribution in [0.1, 0.15) is 11.1 Å². The summed E-state index contributed by atoms with van der Waals surface area (Å²) in [6.07, 6.45) is -10.6. The molecule has 24 heavy (non-hydrogen) atoms. The van der Waals surface area contributed by atoms with E-state index in [2.05, 4.69) is 0 Å². The van der Waals surface area contributed by atoms with Crippen LogP contribution in [0.2, 0.25) is 0 Å². The molecule has 0 radical (unpaired) electrons. The number of halogens is 6. The van der Waals surface area contributed by atoms with Crippen LogP contribution in [0.4, 0.5) is 26.3 Å². The van der Waals surface area contributed by atoms with Gasteiger partial charge < -0.3 is 21.7 Å². The van der Waals surface area contributed by atoms with Crippen LogP contribution in [0.5, 0.6) is 5.75 Å². The van der Waals surface area contributed by atoms with Crippen molar-refractivity contribution in [3.8, 4) is 5.75 Å². The van der Waals surface area contributed by atoms with Gasteiger partial charge in [0, 0.05) is 5.70 Å². The summed E-state index contributed by atoms with van der Waals surface area (Å²) in [5.41, 5.74) is 4.92. The van der Waals surface area contributed by atoms with Gasteiger partial charge in [-0.05, 0) is 35.4 Å². The van der Waals surface area contributed by atoms with Crippen molar-refractivity contribution in [3.05, 3.63) is 47.2 Å². The molecule has 4 nitrogen and oxygen atoms in total.